The van der Waals surface area contributed by atoms with Crippen LogP contribution in [-0.2, 0) is 21.9 Å². The number of phosphoric ester groups is 1. The molecule has 1 aromatic rings. The Kier molecular flexibility index (Phi) is 5.22. The zero-order chi connectivity index (χ0) is 14.6. The number of para-hydroxylation sites is 1. The van der Waals surface area contributed by atoms with Gasteiger partial charge in [0.1, 0.15) is 5.75 Å². The van der Waals surface area contributed by atoms with E-state index in [1.54, 1.807) is 0 Å². The highest BCUT2D eigenvalue weighted by Crippen LogP contribution is 2.38. The molecule has 0 amide bonds. The van der Waals surface area contributed by atoms with Crippen LogP contribution >= 0.6 is 7.82 Å². The molecule has 0 heterocycles. The first kappa shape index (κ1) is 15.5. The molecule has 0 saturated heterocycles. The predicted octanol–water partition coefficient (Wildman–Crippen LogP) is 3.04. The monoisotopic (exact) mass is 300 g/mol. The average molecular weight is 300 g/mol. The molecule has 2 N–H and O–H groups in total. The molecule has 1 aliphatic rings. The number of hydrogen-bond acceptors (Lipinski definition) is 3. The Balaban J connectivity index is 2.10. The van der Waals surface area contributed by atoms with Gasteiger partial charge in [-0.1, -0.05) is 31.5 Å². The summed E-state index contributed by atoms with van der Waals surface area (Å²) in [4.78, 5) is 17.4. The minimum Gasteiger partial charge on any atom is -0.466 e. The molecule has 0 unspecified atom stereocenters. The van der Waals surface area contributed by atoms with Crippen LogP contribution in [0.25, 0.3) is 0 Å². The molecule has 0 atom stereocenters. The van der Waals surface area contributed by atoms with Gasteiger partial charge in [-0.2, -0.15) is 0 Å². The molecule has 0 bridgehead atoms. The molecule has 6 heteroatoms. The van der Waals surface area contributed by atoms with E-state index < -0.39 is 14.6 Å². The standard InChI is InChI=1S/C14H21O5P/c1-2-4-12-5-3-6-13(9-11-7-8-11)14(12)18-10-19-20(15,16)17/h3,5-6,11H,2,4,7-10H2,1H3,(H2,15,16,17). The lowest BCUT2D eigenvalue weighted by molar-refractivity contribution is 0.0813. The van der Waals surface area contributed by atoms with Gasteiger partial charge in [-0.15, -0.1) is 0 Å². The van der Waals surface area contributed by atoms with Gasteiger partial charge in [-0.3, -0.25) is 0 Å². The SMILES string of the molecule is CCCc1cccc(CC2CC2)c1OCOP(=O)(O)O. The van der Waals surface area contributed by atoms with Crippen LogP contribution in [0, 0.1) is 5.92 Å². The van der Waals surface area contributed by atoms with E-state index in [-0.39, 0.29) is 0 Å². The van der Waals surface area contributed by atoms with E-state index >= 15 is 0 Å². The third kappa shape index (κ3) is 4.91. The maximum atomic E-state index is 10.7. The summed E-state index contributed by atoms with van der Waals surface area (Å²) in [6.07, 6.45) is 5.32. The Hall–Kier alpha value is -0.870. The van der Waals surface area contributed by atoms with Crippen LogP contribution in [0.4, 0.5) is 0 Å². The van der Waals surface area contributed by atoms with Gasteiger partial charge in [0.15, 0.2) is 6.79 Å². The topological polar surface area (TPSA) is 76.0 Å². The fourth-order valence-corrected chi connectivity index (χ4v) is 2.43. The van der Waals surface area contributed by atoms with Crippen molar-refractivity contribution in [1.82, 2.24) is 0 Å². The fraction of sp³-hybridized carbons (Fsp3) is 0.571. The molecule has 2 rings (SSSR count). The molecule has 5 nitrogen and oxygen atoms in total. The summed E-state index contributed by atoms with van der Waals surface area (Å²) in [6.45, 7) is 1.66. The minimum absolute atomic E-state index is 0.428. The molecule has 1 fully saturated rings. The first-order valence-electron chi connectivity index (χ1n) is 6.93. The van der Waals surface area contributed by atoms with Gasteiger partial charge >= 0.3 is 7.82 Å². The van der Waals surface area contributed by atoms with Gasteiger partial charge in [-0.25, -0.2) is 9.09 Å². The highest BCUT2D eigenvalue weighted by molar-refractivity contribution is 7.46. The molecular weight excluding hydrogens is 279 g/mol. The van der Waals surface area contributed by atoms with Crippen LogP contribution in [0.15, 0.2) is 18.2 Å². The molecule has 0 aromatic heterocycles. The van der Waals surface area contributed by atoms with Crippen LogP contribution in [0.1, 0.15) is 37.3 Å². The zero-order valence-electron chi connectivity index (χ0n) is 11.6. The molecule has 20 heavy (non-hydrogen) atoms. The number of aryl methyl sites for hydroxylation is 1. The van der Waals surface area contributed by atoms with Crippen molar-refractivity contribution in [3.05, 3.63) is 29.3 Å². The van der Waals surface area contributed by atoms with Crippen molar-refractivity contribution < 1.29 is 23.6 Å². The molecule has 1 aromatic carbocycles. The molecule has 1 saturated carbocycles. The van der Waals surface area contributed by atoms with Gasteiger partial charge in [0.2, 0.25) is 0 Å². The number of ether oxygens (including phenoxy) is 1. The van der Waals surface area contributed by atoms with Crippen LogP contribution in [0.5, 0.6) is 5.75 Å². The van der Waals surface area contributed by atoms with E-state index in [9.17, 15) is 4.57 Å². The highest BCUT2D eigenvalue weighted by Gasteiger charge is 2.24. The Bertz CT molecular complexity index is 492. The lowest BCUT2D eigenvalue weighted by atomic mass is 10.0. The van der Waals surface area contributed by atoms with Crippen molar-refractivity contribution in [3.8, 4) is 5.75 Å². The second kappa shape index (κ2) is 6.72. The zero-order valence-corrected chi connectivity index (χ0v) is 12.5. The summed E-state index contributed by atoms with van der Waals surface area (Å²) in [5.74, 6) is 1.45. The first-order valence-corrected chi connectivity index (χ1v) is 8.46. The molecule has 0 aliphatic heterocycles. The van der Waals surface area contributed by atoms with Crippen molar-refractivity contribution in [3.63, 3.8) is 0 Å². The molecule has 0 radical (unpaired) electrons. The normalized spacial score (nSPS) is 15.3. The summed E-state index contributed by atoms with van der Waals surface area (Å²) in [6, 6.07) is 6.02. The van der Waals surface area contributed by atoms with Crippen LogP contribution < -0.4 is 4.74 Å². The van der Waals surface area contributed by atoms with Crippen LogP contribution in [0.3, 0.4) is 0 Å². The van der Waals surface area contributed by atoms with Gasteiger partial charge in [0.25, 0.3) is 0 Å². The highest BCUT2D eigenvalue weighted by atomic mass is 31.2. The molecule has 0 spiro atoms. The third-order valence-corrected chi connectivity index (χ3v) is 3.77. The number of phosphoric acid groups is 1. The van der Waals surface area contributed by atoms with Crippen molar-refractivity contribution in [1.29, 1.82) is 0 Å². The van der Waals surface area contributed by atoms with E-state index in [1.165, 1.54) is 12.8 Å². The Morgan fingerprint density at radius 2 is 2.00 bits per heavy atom. The number of rotatable bonds is 8. The maximum absolute atomic E-state index is 10.7. The van der Waals surface area contributed by atoms with Gasteiger partial charge in [-0.05, 0) is 42.7 Å². The molecular formula is C14H21O5P. The number of hydrogen-bond donors (Lipinski definition) is 2. The largest absolute Gasteiger partial charge is 0.472 e. The van der Waals surface area contributed by atoms with Crippen molar-refractivity contribution in [2.45, 2.75) is 39.0 Å². The van der Waals surface area contributed by atoms with Crippen molar-refractivity contribution in [2.75, 3.05) is 6.79 Å². The van der Waals surface area contributed by atoms with E-state index in [4.69, 9.17) is 14.5 Å². The lowest BCUT2D eigenvalue weighted by Crippen LogP contribution is -2.06. The summed E-state index contributed by atoms with van der Waals surface area (Å²) in [7, 11) is -4.49. The lowest BCUT2D eigenvalue weighted by Gasteiger charge is -2.16. The van der Waals surface area contributed by atoms with Gasteiger partial charge in [0, 0.05) is 0 Å². The summed E-state index contributed by atoms with van der Waals surface area (Å²) in [5, 5.41) is 0. The predicted molar refractivity (Wildman–Crippen MR) is 75.5 cm³/mol. The third-order valence-electron chi connectivity index (χ3n) is 3.33. The second-order valence-electron chi connectivity index (χ2n) is 5.18. The molecule has 1 aliphatic carbocycles. The Morgan fingerprint density at radius 1 is 1.30 bits per heavy atom. The van der Waals surface area contributed by atoms with Crippen LogP contribution in [-0.4, -0.2) is 16.6 Å². The van der Waals surface area contributed by atoms with E-state index in [2.05, 4.69) is 11.4 Å². The summed E-state index contributed by atoms with van der Waals surface area (Å²) in [5.41, 5.74) is 2.17. The maximum Gasteiger partial charge on any atom is 0.472 e. The van der Waals surface area contributed by atoms with E-state index in [1.807, 2.05) is 18.2 Å². The van der Waals surface area contributed by atoms with E-state index in [0.29, 0.717) is 0 Å². The van der Waals surface area contributed by atoms with Crippen LogP contribution in [0.2, 0.25) is 0 Å². The number of benzene rings is 1. The first-order chi connectivity index (χ1) is 9.49. The van der Waals surface area contributed by atoms with Crippen molar-refractivity contribution in [2.24, 2.45) is 5.92 Å². The minimum atomic E-state index is -4.49. The quantitative estimate of drug-likeness (QED) is 0.570. The van der Waals surface area contributed by atoms with Gasteiger partial charge < -0.3 is 14.5 Å². The fourth-order valence-electron chi connectivity index (χ4n) is 2.24. The smallest absolute Gasteiger partial charge is 0.466 e. The van der Waals surface area contributed by atoms with Gasteiger partial charge in [0.05, 0.1) is 0 Å². The molecule has 112 valence electrons. The Labute approximate surface area is 119 Å². The van der Waals surface area contributed by atoms with Crippen molar-refractivity contribution >= 4 is 7.82 Å². The Morgan fingerprint density at radius 3 is 2.60 bits per heavy atom. The average Bonchev–Trinajstić information content (AvgIpc) is 3.15. The second-order valence-corrected chi connectivity index (χ2v) is 6.42. The summed E-state index contributed by atoms with van der Waals surface area (Å²) < 4.78 is 20.6. The van der Waals surface area contributed by atoms with E-state index in [0.717, 1.165) is 42.1 Å². The summed E-state index contributed by atoms with van der Waals surface area (Å²) >= 11 is 0.